The number of aryl methyl sites for hydroxylation is 3. The number of benzene rings is 2. The van der Waals surface area contributed by atoms with Crippen molar-refractivity contribution in [1.82, 2.24) is 0 Å². The summed E-state index contributed by atoms with van der Waals surface area (Å²) in [5.41, 5.74) is 4.63. The van der Waals surface area contributed by atoms with Crippen molar-refractivity contribution in [3.63, 3.8) is 0 Å². The molecule has 0 heterocycles. The van der Waals surface area contributed by atoms with Crippen molar-refractivity contribution in [2.75, 3.05) is 17.2 Å². The Bertz CT molecular complexity index is 746. The van der Waals surface area contributed by atoms with E-state index in [0.717, 1.165) is 22.4 Å². The van der Waals surface area contributed by atoms with Crippen LogP contribution in [0.2, 0.25) is 0 Å². The molecule has 0 atom stereocenters. The van der Waals surface area contributed by atoms with E-state index in [-0.39, 0.29) is 6.61 Å². The summed E-state index contributed by atoms with van der Waals surface area (Å²) in [4.78, 5) is 24.3. The first kappa shape index (κ1) is 17.5. The van der Waals surface area contributed by atoms with Gasteiger partial charge < -0.3 is 15.4 Å². The number of carbonyl (C=O) groups excluding carboxylic acids is 2. The number of carbonyl (C=O) groups is 2. The van der Waals surface area contributed by atoms with Gasteiger partial charge in [0, 0.05) is 5.69 Å². The van der Waals surface area contributed by atoms with Crippen LogP contribution in [0.15, 0.2) is 36.4 Å². The minimum absolute atomic E-state index is 0.279. The van der Waals surface area contributed by atoms with E-state index in [1.165, 1.54) is 0 Å². The lowest BCUT2D eigenvalue weighted by Crippen LogP contribution is -2.22. The van der Waals surface area contributed by atoms with Gasteiger partial charge in [-0.15, -0.1) is 0 Å². The van der Waals surface area contributed by atoms with Crippen LogP contribution in [0.1, 0.15) is 34.0 Å². The van der Waals surface area contributed by atoms with E-state index in [4.69, 9.17) is 4.74 Å². The lowest BCUT2D eigenvalue weighted by Gasteiger charge is -2.15. The fourth-order valence-electron chi connectivity index (χ4n) is 2.62. The summed E-state index contributed by atoms with van der Waals surface area (Å²) in [7, 11) is 0. The van der Waals surface area contributed by atoms with Crippen LogP contribution in [0.3, 0.4) is 0 Å². The summed E-state index contributed by atoms with van der Waals surface area (Å²) in [6.07, 6.45) is 0. The van der Waals surface area contributed by atoms with Gasteiger partial charge in [0.25, 0.3) is 0 Å². The minimum atomic E-state index is -0.462. The number of nitrogens with one attached hydrogen (secondary N) is 2. The van der Waals surface area contributed by atoms with Gasteiger partial charge in [0.2, 0.25) is 0 Å². The average Bonchev–Trinajstić information content (AvgIpc) is 2.51. The molecule has 0 unspecified atom stereocenters. The van der Waals surface area contributed by atoms with E-state index in [1.807, 2.05) is 32.9 Å². The number of ether oxygens (including phenoxy) is 1. The molecule has 5 heteroatoms. The fraction of sp³-hybridized carbons (Fsp3) is 0.263. The zero-order valence-electron chi connectivity index (χ0n) is 14.4. The molecule has 0 aliphatic rings. The minimum Gasteiger partial charge on any atom is -0.462 e. The summed E-state index contributed by atoms with van der Waals surface area (Å²) >= 11 is 0. The molecule has 0 radical (unpaired) electrons. The van der Waals surface area contributed by atoms with E-state index in [0.29, 0.717) is 11.3 Å². The van der Waals surface area contributed by atoms with Crippen molar-refractivity contribution in [2.24, 2.45) is 0 Å². The first-order valence-electron chi connectivity index (χ1n) is 7.84. The molecule has 2 rings (SSSR count). The van der Waals surface area contributed by atoms with Gasteiger partial charge in [0.1, 0.15) is 0 Å². The second-order valence-corrected chi connectivity index (χ2v) is 5.62. The highest BCUT2D eigenvalue weighted by molar-refractivity contribution is 6.05. The molecule has 0 saturated carbocycles. The maximum absolute atomic E-state index is 12.3. The molecule has 0 spiro atoms. The topological polar surface area (TPSA) is 67.4 Å². The normalized spacial score (nSPS) is 10.2. The van der Waals surface area contributed by atoms with E-state index < -0.39 is 12.0 Å². The second kappa shape index (κ2) is 7.64. The number of urea groups is 1. The molecule has 0 fully saturated rings. The maximum atomic E-state index is 12.3. The molecule has 24 heavy (non-hydrogen) atoms. The number of hydrogen-bond acceptors (Lipinski definition) is 3. The molecule has 126 valence electrons. The van der Waals surface area contributed by atoms with Gasteiger partial charge in [0.05, 0.1) is 17.9 Å². The summed E-state index contributed by atoms with van der Waals surface area (Å²) in [6.45, 7) is 7.93. The zero-order valence-corrected chi connectivity index (χ0v) is 14.4. The predicted octanol–water partition coefficient (Wildman–Crippen LogP) is 4.43. The van der Waals surface area contributed by atoms with E-state index >= 15 is 0 Å². The van der Waals surface area contributed by atoms with Gasteiger partial charge in [-0.2, -0.15) is 0 Å². The van der Waals surface area contributed by atoms with Crippen molar-refractivity contribution in [2.45, 2.75) is 27.7 Å². The van der Waals surface area contributed by atoms with Gasteiger partial charge in [-0.05, 0) is 51.0 Å². The largest absolute Gasteiger partial charge is 0.462 e. The van der Waals surface area contributed by atoms with Crippen LogP contribution < -0.4 is 10.6 Å². The Labute approximate surface area is 142 Å². The third-order valence-electron chi connectivity index (χ3n) is 3.59. The van der Waals surface area contributed by atoms with Crippen LogP contribution in [0, 0.1) is 20.8 Å². The molecule has 2 N–H and O–H groups in total. The molecule has 0 aliphatic heterocycles. The van der Waals surface area contributed by atoms with Crippen LogP contribution in [-0.2, 0) is 4.74 Å². The highest BCUT2D eigenvalue weighted by Gasteiger charge is 2.15. The molecular formula is C19H22N2O3. The van der Waals surface area contributed by atoms with Crippen LogP contribution in [0.4, 0.5) is 16.2 Å². The smallest absolute Gasteiger partial charge is 0.340 e. The maximum Gasteiger partial charge on any atom is 0.340 e. The quantitative estimate of drug-likeness (QED) is 0.817. The molecule has 0 aliphatic carbocycles. The molecule has 0 aromatic heterocycles. The van der Waals surface area contributed by atoms with Crippen LogP contribution in [0.5, 0.6) is 0 Å². The number of hydrogen-bond donors (Lipinski definition) is 2. The van der Waals surface area contributed by atoms with E-state index in [1.54, 1.807) is 31.2 Å². The summed E-state index contributed by atoms with van der Waals surface area (Å²) in [5.74, 6) is -0.462. The predicted molar refractivity (Wildman–Crippen MR) is 95.7 cm³/mol. The zero-order chi connectivity index (χ0) is 17.7. The van der Waals surface area contributed by atoms with Crippen LogP contribution >= 0.6 is 0 Å². The number of para-hydroxylation sites is 1. The van der Waals surface area contributed by atoms with Gasteiger partial charge in [0.15, 0.2) is 0 Å². The van der Waals surface area contributed by atoms with E-state index in [2.05, 4.69) is 10.6 Å². The number of amides is 2. The standard InChI is InChI=1S/C19H22N2O3/c1-5-24-18(22)15-8-6-7-9-16(15)20-19(23)21-17-13(3)10-12(2)11-14(17)4/h6-11H,5H2,1-4H3,(H2,20,21,23). The first-order valence-corrected chi connectivity index (χ1v) is 7.84. The number of anilines is 2. The van der Waals surface area contributed by atoms with Gasteiger partial charge >= 0.3 is 12.0 Å². The number of rotatable bonds is 4. The van der Waals surface area contributed by atoms with Crippen molar-refractivity contribution < 1.29 is 14.3 Å². The fourth-order valence-corrected chi connectivity index (χ4v) is 2.62. The van der Waals surface area contributed by atoms with Gasteiger partial charge in [-0.1, -0.05) is 29.8 Å². The molecule has 0 saturated heterocycles. The SMILES string of the molecule is CCOC(=O)c1ccccc1NC(=O)Nc1c(C)cc(C)cc1C. The lowest BCUT2D eigenvalue weighted by atomic mass is 10.1. The molecular weight excluding hydrogens is 304 g/mol. The Morgan fingerprint density at radius 3 is 2.25 bits per heavy atom. The Morgan fingerprint density at radius 2 is 1.62 bits per heavy atom. The third kappa shape index (κ3) is 4.13. The van der Waals surface area contributed by atoms with Crippen molar-refractivity contribution in [3.8, 4) is 0 Å². The van der Waals surface area contributed by atoms with Crippen molar-refractivity contribution in [1.29, 1.82) is 0 Å². The molecule has 2 aromatic carbocycles. The summed E-state index contributed by atoms with van der Waals surface area (Å²) in [6, 6.07) is 10.4. The highest BCUT2D eigenvalue weighted by Crippen LogP contribution is 2.23. The lowest BCUT2D eigenvalue weighted by molar-refractivity contribution is 0.0527. The summed E-state index contributed by atoms with van der Waals surface area (Å²) in [5, 5.41) is 5.57. The van der Waals surface area contributed by atoms with Crippen molar-refractivity contribution in [3.05, 3.63) is 58.7 Å². The van der Waals surface area contributed by atoms with Crippen LogP contribution in [-0.4, -0.2) is 18.6 Å². The average molecular weight is 326 g/mol. The first-order chi connectivity index (χ1) is 11.4. The monoisotopic (exact) mass is 326 g/mol. The van der Waals surface area contributed by atoms with E-state index in [9.17, 15) is 9.59 Å². The van der Waals surface area contributed by atoms with Crippen LogP contribution in [0.25, 0.3) is 0 Å². The van der Waals surface area contributed by atoms with Crippen molar-refractivity contribution >= 4 is 23.4 Å². The second-order valence-electron chi connectivity index (χ2n) is 5.62. The van der Waals surface area contributed by atoms with Gasteiger partial charge in [-0.3, -0.25) is 0 Å². The Balaban J connectivity index is 2.18. The van der Waals surface area contributed by atoms with Gasteiger partial charge in [-0.25, -0.2) is 9.59 Å². The third-order valence-corrected chi connectivity index (χ3v) is 3.59. The molecule has 5 nitrogen and oxygen atoms in total. The number of esters is 1. The summed E-state index contributed by atoms with van der Waals surface area (Å²) < 4.78 is 5.01. The molecule has 2 aromatic rings. The molecule has 0 bridgehead atoms. The molecule has 2 amide bonds. The Kier molecular flexibility index (Phi) is 5.58. The Morgan fingerprint density at radius 1 is 1.00 bits per heavy atom. The Hall–Kier alpha value is -2.82. The highest BCUT2D eigenvalue weighted by atomic mass is 16.5.